The molecule has 0 spiro atoms. The highest BCUT2D eigenvalue weighted by atomic mass is 16.3. The standard InChI is InChI=1S/C12H27NO2/c1-2-6-12(7-10-15)11-13-8-4-3-5-9-14/h12-15H,2-11H2,1H3. The Morgan fingerprint density at radius 1 is 1.00 bits per heavy atom. The lowest BCUT2D eigenvalue weighted by Gasteiger charge is -2.15. The van der Waals surface area contributed by atoms with Crippen LogP contribution < -0.4 is 5.32 Å². The van der Waals surface area contributed by atoms with E-state index in [2.05, 4.69) is 12.2 Å². The maximum absolute atomic E-state index is 8.88. The smallest absolute Gasteiger partial charge is 0.0434 e. The highest BCUT2D eigenvalue weighted by Gasteiger charge is 2.05. The Morgan fingerprint density at radius 3 is 2.40 bits per heavy atom. The molecule has 0 saturated heterocycles. The van der Waals surface area contributed by atoms with Crippen LogP contribution in [0, 0.1) is 5.92 Å². The molecule has 0 aliphatic heterocycles. The van der Waals surface area contributed by atoms with Crippen molar-refractivity contribution in [3.8, 4) is 0 Å². The number of hydrogen-bond donors (Lipinski definition) is 3. The van der Waals surface area contributed by atoms with Crippen molar-refractivity contribution in [2.45, 2.75) is 45.4 Å². The first-order valence-electron chi connectivity index (χ1n) is 6.27. The Labute approximate surface area is 93.9 Å². The maximum atomic E-state index is 8.88. The molecule has 15 heavy (non-hydrogen) atoms. The Morgan fingerprint density at radius 2 is 1.80 bits per heavy atom. The van der Waals surface area contributed by atoms with Gasteiger partial charge in [0.1, 0.15) is 0 Å². The van der Waals surface area contributed by atoms with Gasteiger partial charge in [-0.2, -0.15) is 0 Å². The van der Waals surface area contributed by atoms with E-state index in [4.69, 9.17) is 10.2 Å². The number of aliphatic hydroxyl groups is 2. The monoisotopic (exact) mass is 217 g/mol. The molecule has 0 aliphatic rings. The van der Waals surface area contributed by atoms with Gasteiger partial charge in [-0.25, -0.2) is 0 Å². The van der Waals surface area contributed by atoms with Gasteiger partial charge in [0.15, 0.2) is 0 Å². The van der Waals surface area contributed by atoms with Crippen LogP contribution in [0.25, 0.3) is 0 Å². The second-order valence-electron chi connectivity index (χ2n) is 4.16. The van der Waals surface area contributed by atoms with Crippen molar-refractivity contribution in [2.75, 3.05) is 26.3 Å². The molecule has 0 aromatic carbocycles. The molecule has 0 fully saturated rings. The van der Waals surface area contributed by atoms with Gasteiger partial charge in [0, 0.05) is 13.2 Å². The summed E-state index contributed by atoms with van der Waals surface area (Å²) < 4.78 is 0. The minimum atomic E-state index is 0.302. The number of rotatable bonds is 11. The number of hydrogen-bond acceptors (Lipinski definition) is 3. The first kappa shape index (κ1) is 14.9. The zero-order valence-corrected chi connectivity index (χ0v) is 10.0. The number of aliphatic hydroxyl groups excluding tert-OH is 2. The average Bonchev–Trinajstić information content (AvgIpc) is 2.24. The zero-order valence-electron chi connectivity index (χ0n) is 10.0. The summed E-state index contributed by atoms with van der Waals surface area (Å²) in [6.07, 6.45) is 6.45. The van der Waals surface area contributed by atoms with Gasteiger partial charge in [-0.05, 0) is 51.1 Å². The van der Waals surface area contributed by atoms with Crippen LogP contribution in [0.15, 0.2) is 0 Å². The molecule has 1 atom stereocenters. The minimum Gasteiger partial charge on any atom is -0.396 e. The maximum Gasteiger partial charge on any atom is 0.0434 e. The van der Waals surface area contributed by atoms with E-state index < -0.39 is 0 Å². The summed E-state index contributed by atoms with van der Waals surface area (Å²) >= 11 is 0. The molecule has 0 aromatic rings. The molecule has 1 unspecified atom stereocenters. The molecule has 0 bridgehead atoms. The lowest BCUT2D eigenvalue weighted by molar-refractivity contribution is 0.247. The first-order valence-corrected chi connectivity index (χ1v) is 6.27. The molecule has 0 aromatic heterocycles. The predicted molar refractivity (Wildman–Crippen MR) is 63.9 cm³/mol. The van der Waals surface area contributed by atoms with E-state index in [0.717, 1.165) is 38.8 Å². The normalized spacial score (nSPS) is 13.0. The summed E-state index contributed by atoms with van der Waals surface area (Å²) in [5.41, 5.74) is 0. The second-order valence-corrected chi connectivity index (χ2v) is 4.16. The molecule has 0 aliphatic carbocycles. The Bertz CT molecular complexity index is 114. The molecule has 3 N–H and O–H groups in total. The third-order valence-electron chi connectivity index (χ3n) is 2.68. The molecule has 0 heterocycles. The first-order chi connectivity index (χ1) is 7.35. The Balaban J connectivity index is 3.28. The Hall–Kier alpha value is -0.120. The fourth-order valence-corrected chi connectivity index (χ4v) is 1.78. The van der Waals surface area contributed by atoms with Gasteiger partial charge in [0.2, 0.25) is 0 Å². The van der Waals surface area contributed by atoms with Crippen LogP contribution >= 0.6 is 0 Å². The van der Waals surface area contributed by atoms with Crippen LogP contribution in [0.2, 0.25) is 0 Å². The summed E-state index contributed by atoms with van der Waals surface area (Å²) in [6, 6.07) is 0. The van der Waals surface area contributed by atoms with Crippen molar-refractivity contribution in [1.82, 2.24) is 5.32 Å². The molecular formula is C12H27NO2. The van der Waals surface area contributed by atoms with Crippen LogP contribution in [-0.4, -0.2) is 36.5 Å². The second kappa shape index (κ2) is 12.0. The van der Waals surface area contributed by atoms with Crippen molar-refractivity contribution in [1.29, 1.82) is 0 Å². The van der Waals surface area contributed by atoms with E-state index in [9.17, 15) is 0 Å². The summed E-state index contributed by atoms with van der Waals surface area (Å²) in [7, 11) is 0. The molecule has 3 heteroatoms. The SMILES string of the molecule is CCCC(CCO)CNCCCCCO. The highest BCUT2D eigenvalue weighted by molar-refractivity contribution is 4.61. The van der Waals surface area contributed by atoms with Crippen LogP contribution in [-0.2, 0) is 0 Å². The van der Waals surface area contributed by atoms with E-state index in [0.29, 0.717) is 19.1 Å². The van der Waals surface area contributed by atoms with Gasteiger partial charge < -0.3 is 15.5 Å². The van der Waals surface area contributed by atoms with Gasteiger partial charge in [-0.1, -0.05) is 13.3 Å². The van der Waals surface area contributed by atoms with Crippen molar-refractivity contribution in [3.05, 3.63) is 0 Å². The van der Waals surface area contributed by atoms with Gasteiger partial charge in [0.25, 0.3) is 0 Å². The van der Waals surface area contributed by atoms with Gasteiger partial charge in [-0.3, -0.25) is 0 Å². The van der Waals surface area contributed by atoms with E-state index in [1.165, 1.54) is 12.8 Å². The van der Waals surface area contributed by atoms with Crippen LogP contribution in [0.3, 0.4) is 0 Å². The molecule has 0 radical (unpaired) electrons. The molecule has 0 saturated carbocycles. The van der Waals surface area contributed by atoms with Gasteiger partial charge in [-0.15, -0.1) is 0 Å². The fraction of sp³-hybridized carbons (Fsp3) is 1.00. The van der Waals surface area contributed by atoms with E-state index in [1.54, 1.807) is 0 Å². The van der Waals surface area contributed by atoms with E-state index >= 15 is 0 Å². The Kier molecular flexibility index (Phi) is 11.9. The number of nitrogens with one attached hydrogen (secondary N) is 1. The largest absolute Gasteiger partial charge is 0.396 e. The molecule has 0 amide bonds. The van der Waals surface area contributed by atoms with Crippen molar-refractivity contribution in [3.63, 3.8) is 0 Å². The van der Waals surface area contributed by atoms with Crippen LogP contribution in [0.4, 0.5) is 0 Å². The van der Waals surface area contributed by atoms with Gasteiger partial charge in [0.05, 0.1) is 0 Å². The third-order valence-corrected chi connectivity index (χ3v) is 2.68. The zero-order chi connectivity index (χ0) is 11.4. The predicted octanol–water partition coefficient (Wildman–Crippen LogP) is 1.54. The molecule has 3 nitrogen and oxygen atoms in total. The summed E-state index contributed by atoms with van der Waals surface area (Å²) in [4.78, 5) is 0. The van der Waals surface area contributed by atoms with Crippen molar-refractivity contribution < 1.29 is 10.2 Å². The summed E-state index contributed by atoms with van der Waals surface area (Å²) in [5.74, 6) is 0.623. The van der Waals surface area contributed by atoms with Crippen LogP contribution in [0.1, 0.15) is 45.4 Å². The molecule has 92 valence electrons. The lowest BCUT2D eigenvalue weighted by Crippen LogP contribution is -2.24. The quantitative estimate of drug-likeness (QED) is 0.460. The third kappa shape index (κ3) is 10.2. The van der Waals surface area contributed by atoms with Crippen LogP contribution in [0.5, 0.6) is 0 Å². The average molecular weight is 217 g/mol. The minimum absolute atomic E-state index is 0.302. The topological polar surface area (TPSA) is 52.5 Å². The van der Waals surface area contributed by atoms with E-state index in [-0.39, 0.29) is 0 Å². The highest BCUT2D eigenvalue weighted by Crippen LogP contribution is 2.09. The molecular weight excluding hydrogens is 190 g/mol. The van der Waals surface area contributed by atoms with Crippen molar-refractivity contribution in [2.24, 2.45) is 5.92 Å². The number of unbranched alkanes of at least 4 members (excludes halogenated alkanes) is 2. The summed E-state index contributed by atoms with van der Waals surface area (Å²) in [6.45, 7) is 4.85. The fourth-order valence-electron chi connectivity index (χ4n) is 1.78. The van der Waals surface area contributed by atoms with E-state index in [1.807, 2.05) is 0 Å². The van der Waals surface area contributed by atoms with Crippen molar-refractivity contribution >= 4 is 0 Å². The molecule has 0 rings (SSSR count). The van der Waals surface area contributed by atoms with Gasteiger partial charge >= 0.3 is 0 Å². The summed E-state index contributed by atoms with van der Waals surface area (Å²) in [5, 5.41) is 20.9. The lowest BCUT2D eigenvalue weighted by atomic mass is 10.0.